The maximum atomic E-state index is 4.41. The molecule has 2 nitrogen and oxygen atoms in total. The van der Waals surface area contributed by atoms with Crippen LogP contribution in [0.15, 0.2) is 53.4 Å². The third-order valence-electron chi connectivity index (χ3n) is 2.66. The van der Waals surface area contributed by atoms with E-state index in [-0.39, 0.29) is 0 Å². The lowest BCUT2D eigenvalue weighted by Crippen LogP contribution is -1.87. The van der Waals surface area contributed by atoms with Gasteiger partial charge in [0, 0.05) is 29.3 Å². The Labute approximate surface area is 104 Å². The molecule has 0 radical (unpaired) electrons. The molecule has 1 aromatic carbocycles. The van der Waals surface area contributed by atoms with Crippen LogP contribution in [0.1, 0.15) is 11.3 Å². The Hall–Kier alpha value is -1.87. The lowest BCUT2D eigenvalue weighted by molar-refractivity contribution is 1.11. The highest BCUT2D eigenvalue weighted by Gasteiger charge is 2.04. The number of rotatable bonds is 3. The van der Waals surface area contributed by atoms with Gasteiger partial charge in [-0.2, -0.15) is 11.3 Å². The fraction of sp³-hybridized carbons (Fsp3) is 0.0714. The molecule has 2 heterocycles. The second-order valence-corrected chi connectivity index (χ2v) is 4.71. The quantitative estimate of drug-likeness (QED) is 0.742. The van der Waals surface area contributed by atoms with Crippen LogP contribution in [0.4, 0.5) is 0 Å². The molecule has 1 N–H and O–H groups in total. The van der Waals surface area contributed by atoms with E-state index in [9.17, 15) is 0 Å². The second kappa shape index (κ2) is 4.55. The highest BCUT2D eigenvalue weighted by molar-refractivity contribution is 7.08. The molecule has 0 saturated heterocycles. The Morgan fingerprint density at radius 2 is 2.00 bits per heavy atom. The van der Waals surface area contributed by atoms with Crippen LogP contribution < -0.4 is 0 Å². The van der Waals surface area contributed by atoms with Gasteiger partial charge in [-0.1, -0.05) is 30.3 Å². The summed E-state index contributed by atoms with van der Waals surface area (Å²) < 4.78 is 0. The van der Waals surface area contributed by atoms with Crippen molar-refractivity contribution in [3.05, 3.63) is 64.6 Å². The highest BCUT2D eigenvalue weighted by atomic mass is 32.1. The standard InChI is InChI=1S/C14H12N2S/c1-2-4-11(5-3-1)8-13-9-15-14(16-13)12-6-7-17-10-12/h1-7,9-10H,8H2,(H,15,16). The summed E-state index contributed by atoms with van der Waals surface area (Å²) in [4.78, 5) is 7.77. The Balaban J connectivity index is 1.82. The van der Waals surface area contributed by atoms with Gasteiger partial charge in [0.2, 0.25) is 0 Å². The van der Waals surface area contributed by atoms with E-state index in [0.29, 0.717) is 0 Å². The highest BCUT2D eigenvalue weighted by Crippen LogP contribution is 2.19. The number of aromatic nitrogens is 2. The number of benzene rings is 1. The van der Waals surface area contributed by atoms with Crippen LogP contribution in [0.3, 0.4) is 0 Å². The summed E-state index contributed by atoms with van der Waals surface area (Å²) in [5.74, 6) is 0.956. The van der Waals surface area contributed by atoms with Gasteiger partial charge in [0.15, 0.2) is 0 Å². The molecule has 84 valence electrons. The lowest BCUT2D eigenvalue weighted by Gasteiger charge is -1.97. The first-order valence-corrected chi connectivity index (χ1v) is 6.46. The van der Waals surface area contributed by atoms with E-state index < -0.39 is 0 Å². The average Bonchev–Trinajstić information content (AvgIpc) is 3.00. The van der Waals surface area contributed by atoms with E-state index >= 15 is 0 Å². The Morgan fingerprint density at radius 3 is 2.76 bits per heavy atom. The van der Waals surface area contributed by atoms with Gasteiger partial charge in [-0.15, -0.1) is 0 Å². The number of nitrogens with zero attached hydrogens (tertiary/aromatic N) is 1. The van der Waals surface area contributed by atoms with Gasteiger partial charge >= 0.3 is 0 Å². The van der Waals surface area contributed by atoms with Crippen molar-refractivity contribution in [2.45, 2.75) is 6.42 Å². The number of imidazole rings is 1. The molecule has 0 amide bonds. The summed E-state index contributed by atoms with van der Waals surface area (Å²) in [6.07, 6.45) is 2.82. The minimum absolute atomic E-state index is 0.901. The van der Waals surface area contributed by atoms with Crippen molar-refractivity contribution in [1.29, 1.82) is 0 Å². The maximum absolute atomic E-state index is 4.41. The molecule has 3 rings (SSSR count). The number of aromatic amines is 1. The lowest BCUT2D eigenvalue weighted by atomic mass is 10.1. The number of nitrogens with one attached hydrogen (secondary N) is 1. The fourth-order valence-corrected chi connectivity index (χ4v) is 2.45. The molecule has 3 heteroatoms. The molecule has 0 unspecified atom stereocenters. The van der Waals surface area contributed by atoms with E-state index in [2.05, 4.69) is 51.1 Å². The zero-order chi connectivity index (χ0) is 11.5. The number of hydrogen-bond acceptors (Lipinski definition) is 2. The minimum Gasteiger partial charge on any atom is -0.342 e. The molecule has 17 heavy (non-hydrogen) atoms. The zero-order valence-corrected chi connectivity index (χ0v) is 10.1. The Kier molecular flexibility index (Phi) is 2.76. The molecule has 0 aliphatic carbocycles. The Morgan fingerprint density at radius 1 is 1.12 bits per heavy atom. The van der Waals surface area contributed by atoms with Gasteiger partial charge in [0.1, 0.15) is 5.82 Å². The van der Waals surface area contributed by atoms with Crippen LogP contribution in [-0.2, 0) is 6.42 Å². The van der Waals surface area contributed by atoms with Crippen LogP contribution in [0, 0.1) is 0 Å². The molecular weight excluding hydrogens is 228 g/mol. The van der Waals surface area contributed by atoms with Crippen LogP contribution in [0.2, 0.25) is 0 Å². The normalized spacial score (nSPS) is 10.6. The summed E-state index contributed by atoms with van der Waals surface area (Å²) in [5, 5.41) is 4.17. The minimum atomic E-state index is 0.901. The van der Waals surface area contributed by atoms with Crippen molar-refractivity contribution in [3.8, 4) is 11.4 Å². The van der Waals surface area contributed by atoms with E-state index in [1.165, 1.54) is 5.56 Å². The molecule has 0 saturated carbocycles. The summed E-state index contributed by atoms with van der Waals surface area (Å²) in [5.41, 5.74) is 3.61. The van der Waals surface area contributed by atoms with Crippen molar-refractivity contribution in [1.82, 2.24) is 9.97 Å². The molecule has 3 aromatic rings. The first kappa shape index (κ1) is 10.3. The molecule has 0 aliphatic heterocycles. The van der Waals surface area contributed by atoms with Crippen LogP contribution >= 0.6 is 11.3 Å². The third kappa shape index (κ3) is 2.29. The monoisotopic (exact) mass is 240 g/mol. The van der Waals surface area contributed by atoms with Gasteiger partial charge < -0.3 is 4.98 Å². The Bertz CT molecular complexity index is 582. The fourth-order valence-electron chi connectivity index (χ4n) is 1.81. The first-order valence-electron chi connectivity index (χ1n) is 5.52. The number of hydrogen-bond donors (Lipinski definition) is 1. The van der Waals surface area contributed by atoms with E-state index in [1.54, 1.807) is 11.3 Å². The summed E-state index contributed by atoms with van der Waals surface area (Å²) >= 11 is 1.69. The van der Waals surface area contributed by atoms with Gasteiger partial charge in [0.05, 0.1) is 0 Å². The van der Waals surface area contributed by atoms with Crippen molar-refractivity contribution < 1.29 is 0 Å². The SMILES string of the molecule is c1ccc(Cc2cnc(-c3ccsc3)[nH]2)cc1. The topological polar surface area (TPSA) is 28.7 Å². The summed E-state index contributed by atoms with van der Waals surface area (Å²) in [6.45, 7) is 0. The van der Waals surface area contributed by atoms with Crippen molar-refractivity contribution in [2.24, 2.45) is 0 Å². The van der Waals surface area contributed by atoms with E-state index in [1.807, 2.05) is 12.3 Å². The maximum Gasteiger partial charge on any atom is 0.138 e. The van der Waals surface area contributed by atoms with Crippen molar-refractivity contribution in [2.75, 3.05) is 0 Å². The van der Waals surface area contributed by atoms with Crippen LogP contribution in [0.5, 0.6) is 0 Å². The molecule has 0 atom stereocenters. The van der Waals surface area contributed by atoms with E-state index in [4.69, 9.17) is 0 Å². The van der Waals surface area contributed by atoms with Gasteiger partial charge in [-0.3, -0.25) is 0 Å². The molecular formula is C14H12N2S. The molecule has 2 aromatic heterocycles. The van der Waals surface area contributed by atoms with Crippen LogP contribution in [-0.4, -0.2) is 9.97 Å². The summed E-state index contributed by atoms with van der Waals surface area (Å²) in [7, 11) is 0. The van der Waals surface area contributed by atoms with Crippen molar-refractivity contribution in [3.63, 3.8) is 0 Å². The third-order valence-corrected chi connectivity index (χ3v) is 3.34. The average molecular weight is 240 g/mol. The number of thiophene rings is 1. The second-order valence-electron chi connectivity index (χ2n) is 3.93. The summed E-state index contributed by atoms with van der Waals surface area (Å²) in [6, 6.07) is 12.5. The predicted octanol–water partition coefficient (Wildman–Crippen LogP) is 3.73. The molecule has 0 spiro atoms. The molecule has 0 aliphatic rings. The smallest absolute Gasteiger partial charge is 0.138 e. The predicted molar refractivity (Wildman–Crippen MR) is 71.1 cm³/mol. The molecule has 0 fully saturated rings. The largest absolute Gasteiger partial charge is 0.342 e. The van der Waals surface area contributed by atoms with E-state index in [0.717, 1.165) is 23.5 Å². The van der Waals surface area contributed by atoms with Gasteiger partial charge in [-0.05, 0) is 17.0 Å². The van der Waals surface area contributed by atoms with Crippen LogP contribution in [0.25, 0.3) is 11.4 Å². The number of H-pyrrole nitrogens is 1. The zero-order valence-electron chi connectivity index (χ0n) is 9.26. The molecule has 0 bridgehead atoms. The first-order chi connectivity index (χ1) is 8.42. The van der Waals surface area contributed by atoms with Gasteiger partial charge in [-0.25, -0.2) is 4.98 Å². The van der Waals surface area contributed by atoms with Crippen molar-refractivity contribution >= 4 is 11.3 Å². The van der Waals surface area contributed by atoms with Gasteiger partial charge in [0.25, 0.3) is 0 Å².